The van der Waals surface area contributed by atoms with Crippen molar-refractivity contribution >= 4 is 11.8 Å². The standard InChI is InChI=1S/C30H36N2O4/c1-21(2)32(31-30(34)25-13-16-26(17-14-25)36-20-19-35-5)29(33)18-15-24-10-6-7-11-28(24)27-12-8-9-22(3)23(27)4/h6-14,16-17,21H,15,18-20H2,1-5H3,(H,31,34). The summed E-state index contributed by atoms with van der Waals surface area (Å²) in [6.45, 7) is 8.92. The first-order chi connectivity index (χ1) is 17.3. The highest BCUT2D eigenvalue weighted by atomic mass is 16.5. The normalized spacial score (nSPS) is 10.8. The zero-order chi connectivity index (χ0) is 26.1. The van der Waals surface area contributed by atoms with E-state index in [9.17, 15) is 9.59 Å². The first-order valence-corrected chi connectivity index (χ1v) is 12.3. The first kappa shape index (κ1) is 27.0. The molecule has 0 bridgehead atoms. The van der Waals surface area contributed by atoms with E-state index in [2.05, 4.69) is 49.6 Å². The smallest absolute Gasteiger partial charge is 0.269 e. The van der Waals surface area contributed by atoms with Crippen LogP contribution in [0.15, 0.2) is 66.7 Å². The van der Waals surface area contributed by atoms with Gasteiger partial charge in [0.25, 0.3) is 5.91 Å². The highest BCUT2D eigenvalue weighted by Crippen LogP contribution is 2.29. The number of carbonyl (C=O) groups excluding carboxylic acids is 2. The van der Waals surface area contributed by atoms with Gasteiger partial charge in [-0.15, -0.1) is 0 Å². The molecule has 0 heterocycles. The quantitative estimate of drug-likeness (QED) is 0.302. The van der Waals surface area contributed by atoms with Gasteiger partial charge in [0.05, 0.1) is 6.61 Å². The Morgan fingerprint density at radius 2 is 1.58 bits per heavy atom. The van der Waals surface area contributed by atoms with E-state index in [1.54, 1.807) is 31.4 Å². The summed E-state index contributed by atoms with van der Waals surface area (Å²) < 4.78 is 10.5. The second-order valence-corrected chi connectivity index (χ2v) is 9.07. The molecule has 190 valence electrons. The second kappa shape index (κ2) is 12.9. The average Bonchev–Trinajstić information content (AvgIpc) is 2.88. The predicted octanol–water partition coefficient (Wildman–Crippen LogP) is 5.51. The Morgan fingerprint density at radius 3 is 2.28 bits per heavy atom. The maximum Gasteiger partial charge on any atom is 0.269 e. The number of hydrazine groups is 1. The summed E-state index contributed by atoms with van der Waals surface area (Å²) >= 11 is 0. The highest BCUT2D eigenvalue weighted by Gasteiger charge is 2.21. The van der Waals surface area contributed by atoms with Crippen LogP contribution in [0.1, 0.15) is 47.3 Å². The number of rotatable bonds is 10. The van der Waals surface area contributed by atoms with Crippen LogP contribution in [0.3, 0.4) is 0 Å². The van der Waals surface area contributed by atoms with Gasteiger partial charge in [-0.3, -0.25) is 20.0 Å². The molecule has 3 aromatic carbocycles. The molecule has 36 heavy (non-hydrogen) atoms. The van der Waals surface area contributed by atoms with Crippen LogP contribution in [0.25, 0.3) is 11.1 Å². The van der Waals surface area contributed by atoms with Gasteiger partial charge >= 0.3 is 0 Å². The number of ether oxygens (including phenoxy) is 2. The number of aryl methyl sites for hydroxylation is 2. The lowest BCUT2D eigenvalue weighted by Crippen LogP contribution is -2.50. The van der Waals surface area contributed by atoms with Crippen LogP contribution in [0.2, 0.25) is 0 Å². The third-order valence-electron chi connectivity index (χ3n) is 6.20. The zero-order valence-electron chi connectivity index (χ0n) is 21.8. The fourth-order valence-electron chi connectivity index (χ4n) is 4.00. The molecule has 3 rings (SSSR count). The Hall–Kier alpha value is -3.64. The van der Waals surface area contributed by atoms with Gasteiger partial charge < -0.3 is 9.47 Å². The van der Waals surface area contributed by atoms with Crippen LogP contribution in [0.5, 0.6) is 5.75 Å². The van der Waals surface area contributed by atoms with Crippen molar-refractivity contribution in [1.29, 1.82) is 0 Å². The fourth-order valence-corrected chi connectivity index (χ4v) is 4.00. The minimum Gasteiger partial charge on any atom is -0.491 e. The second-order valence-electron chi connectivity index (χ2n) is 9.07. The minimum atomic E-state index is -0.337. The summed E-state index contributed by atoms with van der Waals surface area (Å²) in [4.78, 5) is 26.0. The van der Waals surface area contributed by atoms with Crippen LogP contribution < -0.4 is 10.2 Å². The minimum absolute atomic E-state index is 0.131. The summed E-state index contributed by atoms with van der Waals surface area (Å²) in [5.41, 5.74) is 9.15. The SMILES string of the molecule is COCCOc1ccc(C(=O)NN(C(=O)CCc2ccccc2-c2cccc(C)c2C)C(C)C)cc1. The summed E-state index contributed by atoms with van der Waals surface area (Å²) in [6.07, 6.45) is 0.863. The number of nitrogens with one attached hydrogen (secondary N) is 1. The summed E-state index contributed by atoms with van der Waals surface area (Å²) in [5.74, 6) is 0.188. The van der Waals surface area contributed by atoms with E-state index in [1.165, 1.54) is 21.7 Å². The maximum atomic E-state index is 13.2. The Bertz CT molecular complexity index is 1170. The van der Waals surface area contributed by atoms with E-state index >= 15 is 0 Å². The third kappa shape index (κ3) is 6.95. The number of methoxy groups -OCH3 is 1. The van der Waals surface area contributed by atoms with Crippen LogP contribution in [0.4, 0.5) is 0 Å². The van der Waals surface area contributed by atoms with E-state index in [-0.39, 0.29) is 24.3 Å². The molecule has 0 aromatic heterocycles. The molecule has 6 heteroatoms. The van der Waals surface area contributed by atoms with Gasteiger partial charge in [-0.25, -0.2) is 0 Å². The lowest BCUT2D eigenvalue weighted by atomic mass is 9.92. The Morgan fingerprint density at radius 1 is 0.889 bits per heavy atom. The number of carbonyl (C=O) groups is 2. The van der Waals surface area contributed by atoms with Gasteiger partial charge in [0, 0.05) is 25.1 Å². The van der Waals surface area contributed by atoms with Crippen molar-refractivity contribution in [3.63, 3.8) is 0 Å². The van der Waals surface area contributed by atoms with Gasteiger partial charge in [-0.1, -0.05) is 42.5 Å². The van der Waals surface area contributed by atoms with Gasteiger partial charge in [0.2, 0.25) is 5.91 Å². The Balaban J connectivity index is 1.67. The van der Waals surface area contributed by atoms with Crippen molar-refractivity contribution in [3.05, 3.63) is 89.0 Å². The lowest BCUT2D eigenvalue weighted by molar-refractivity contribution is -0.135. The topological polar surface area (TPSA) is 67.9 Å². The van der Waals surface area contributed by atoms with E-state index in [1.807, 2.05) is 26.0 Å². The molecule has 0 aliphatic rings. The molecule has 6 nitrogen and oxygen atoms in total. The first-order valence-electron chi connectivity index (χ1n) is 12.3. The number of benzene rings is 3. The molecule has 0 aliphatic carbocycles. The summed E-state index contributed by atoms with van der Waals surface area (Å²) in [6, 6.07) is 21.1. The summed E-state index contributed by atoms with van der Waals surface area (Å²) in [7, 11) is 1.61. The van der Waals surface area contributed by atoms with Crippen molar-refractivity contribution in [3.8, 4) is 16.9 Å². The van der Waals surface area contributed by atoms with E-state index in [0.717, 1.165) is 11.1 Å². The molecule has 0 radical (unpaired) electrons. The molecule has 0 aliphatic heterocycles. The summed E-state index contributed by atoms with van der Waals surface area (Å²) in [5, 5.41) is 1.42. The molecule has 0 saturated carbocycles. The van der Waals surface area contributed by atoms with Crippen molar-refractivity contribution < 1.29 is 19.1 Å². The molecular weight excluding hydrogens is 452 g/mol. The van der Waals surface area contributed by atoms with Crippen molar-refractivity contribution in [2.75, 3.05) is 20.3 Å². The van der Waals surface area contributed by atoms with Crippen molar-refractivity contribution in [1.82, 2.24) is 10.4 Å². The number of hydrogen-bond acceptors (Lipinski definition) is 4. The van der Waals surface area contributed by atoms with Gasteiger partial charge in [-0.05, 0) is 86.2 Å². The molecule has 0 fully saturated rings. The lowest BCUT2D eigenvalue weighted by Gasteiger charge is -2.27. The zero-order valence-corrected chi connectivity index (χ0v) is 21.8. The van der Waals surface area contributed by atoms with Gasteiger partial charge in [-0.2, -0.15) is 0 Å². The number of nitrogens with zero attached hydrogens (tertiary/aromatic N) is 1. The van der Waals surface area contributed by atoms with E-state index in [4.69, 9.17) is 9.47 Å². The van der Waals surface area contributed by atoms with Crippen molar-refractivity contribution in [2.45, 2.75) is 46.6 Å². The molecule has 3 aromatic rings. The molecule has 0 atom stereocenters. The maximum absolute atomic E-state index is 13.2. The fraction of sp³-hybridized carbons (Fsp3) is 0.333. The van der Waals surface area contributed by atoms with Gasteiger partial charge in [0.1, 0.15) is 12.4 Å². The van der Waals surface area contributed by atoms with E-state index < -0.39 is 0 Å². The Labute approximate surface area is 214 Å². The van der Waals surface area contributed by atoms with Crippen molar-refractivity contribution in [2.24, 2.45) is 0 Å². The number of amides is 2. The predicted molar refractivity (Wildman–Crippen MR) is 143 cm³/mol. The average molecular weight is 489 g/mol. The highest BCUT2D eigenvalue weighted by molar-refractivity contribution is 5.95. The Kier molecular flexibility index (Phi) is 9.65. The molecule has 0 spiro atoms. The molecule has 0 saturated heterocycles. The third-order valence-corrected chi connectivity index (χ3v) is 6.20. The van der Waals surface area contributed by atoms with Gasteiger partial charge in [0.15, 0.2) is 0 Å². The molecular formula is C30H36N2O4. The number of hydrogen-bond donors (Lipinski definition) is 1. The van der Waals surface area contributed by atoms with Crippen LogP contribution in [-0.2, 0) is 16.0 Å². The largest absolute Gasteiger partial charge is 0.491 e. The molecule has 2 amide bonds. The molecule has 0 unspecified atom stereocenters. The van der Waals surface area contributed by atoms with Crippen LogP contribution >= 0.6 is 0 Å². The van der Waals surface area contributed by atoms with E-state index in [0.29, 0.717) is 30.9 Å². The molecule has 1 N–H and O–H groups in total. The monoisotopic (exact) mass is 488 g/mol. The van der Waals surface area contributed by atoms with Crippen LogP contribution in [-0.4, -0.2) is 43.2 Å². The van der Waals surface area contributed by atoms with Crippen LogP contribution in [0, 0.1) is 13.8 Å².